The fourth-order valence-electron chi connectivity index (χ4n) is 1.11. The third-order valence-electron chi connectivity index (χ3n) is 1.82. The molecule has 1 aromatic carbocycles. The van der Waals surface area contributed by atoms with E-state index in [1.54, 1.807) is 6.92 Å². The van der Waals surface area contributed by atoms with Gasteiger partial charge >= 0.3 is 0 Å². The Bertz CT molecular complexity index is 372. The number of benzene rings is 1. The molecule has 0 aliphatic rings. The molecule has 1 atom stereocenters. The van der Waals surface area contributed by atoms with Crippen molar-refractivity contribution in [2.24, 2.45) is 0 Å². The molecule has 0 heterocycles. The van der Waals surface area contributed by atoms with Crippen molar-refractivity contribution >= 4 is 33.4 Å². The van der Waals surface area contributed by atoms with Crippen molar-refractivity contribution in [1.82, 2.24) is 5.32 Å². The molecule has 0 spiro atoms. The van der Waals surface area contributed by atoms with Crippen LogP contribution in [0.3, 0.4) is 0 Å². The monoisotopic (exact) mass is 293 g/mol. The zero-order valence-electron chi connectivity index (χ0n) is 8.06. The largest absolute Gasteiger partial charge is 0.355 e. The first kappa shape index (κ1) is 12.5. The van der Waals surface area contributed by atoms with Crippen LogP contribution >= 0.6 is 27.5 Å². The van der Waals surface area contributed by atoms with Crippen LogP contribution in [0.25, 0.3) is 0 Å². The second-order valence-corrected chi connectivity index (χ2v) is 4.21. The summed E-state index contributed by atoms with van der Waals surface area (Å²) in [6.07, 6.45) is 0. The predicted molar refractivity (Wildman–Crippen MR) is 61.4 cm³/mol. The minimum absolute atomic E-state index is 0.286. The maximum absolute atomic E-state index is 12.8. The summed E-state index contributed by atoms with van der Waals surface area (Å²) in [5.41, 5.74) is 0.559. The first-order valence-electron chi connectivity index (χ1n) is 4.43. The number of likely N-dealkylation sites (N-methyl/N-ethyl adjacent to an activating group) is 1. The summed E-state index contributed by atoms with van der Waals surface area (Å²) in [7, 11) is 0. The minimum Gasteiger partial charge on any atom is -0.355 e. The highest BCUT2D eigenvalue weighted by molar-refractivity contribution is 9.10. The van der Waals surface area contributed by atoms with Crippen LogP contribution in [-0.2, 0) is 4.79 Å². The summed E-state index contributed by atoms with van der Waals surface area (Å²) in [4.78, 5) is 11.4. The number of carbonyl (C=O) groups excluding carboxylic acids is 1. The molecule has 0 saturated carbocycles. The van der Waals surface area contributed by atoms with Gasteiger partial charge in [-0.05, 0) is 24.6 Å². The lowest BCUT2D eigenvalue weighted by Gasteiger charge is -2.11. The van der Waals surface area contributed by atoms with Crippen LogP contribution in [0.5, 0.6) is 0 Å². The summed E-state index contributed by atoms with van der Waals surface area (Å²) >= 11 is 9.09. The van der Waals surface area contributed by atoms with Crippen LogP contribution in [0.15, 0.2) is 22.7 Å². The molecular formula is C10H10BrClFNO. The average molecular weight is 295 g/mol. The van der Waals surface area contributed by atoms with E-state index in [-0.39, 0.29) is 11.7 Å². The van der Waals surface area contributed by atoms with E-state index in [0.717, 1.165) is 0 Å². The molecule has 1 amide bonds. The van der Waals surface area contributed by atoms with E-state index < -0.39 is 5.38 Å². The Kier molecular flexibility index (Phi) is 4.54. The van der Waals surface area contributed by atoms with E-state index >= 15 is 0 Å². The Labute approximate surface area is 101 Å². The number of carbonyl (C=O) groups is 1. The number of hydrogen-bond acceptors (Lipinski definition) is 1. The molecule has 82 valence electrons. The zero-order valence-corrected chi connectivity index (χ0v) is 10.4. The minimum atomic E-state index is -0.806. The van der Waals surface area contributed by atoms with Gasteiger partial charge in [0, 0.05) is 11.0 Å². The van der Waals surface area contributed by atoms with Gasteiger partial charge in [0.25, 0.3) is 0 Å². The van der Waals surface area contributed by atoms with E-state index in [2.05, 4.69) is 21.2 Å². The van der Waals surface area contributed by atoms with Gasteiger partial charge in [-0.2, -0.15) is 0 Å². The molecule has 0 radical (unpaired) electrons. The molecule has 2 nitrogen and oxygen atoms in total. The topological polar surface area (TPSA) is 29.1 Å². The molecule has 0 bridgehead atoms. The molecule has 1 N–H and O–H groups in total. The Morgan fingerprint density at radius 2 is 2.33 bits per heavy atom. The van der Waals surface area contributed by atoms with Gasteiger partial charge in [-0.15, -0.1) is 11.6 Å². The van der Waals surface area contributed by atoms with E-state index in [1.165, 1.54) is 18.2 Å². The SMILES string of the molecule is CCNC(=O)C(Cl)c1ccc(F)cc1Br. The van der Waals surface area contributed by atoms with E-state index in [1.807, 2.05) is 0 Å². The Morgan fingerprint density at radius 1 is 1.67 bits per heavy atom. The van der Waals surface area contributed by atoms with Gasteiger partial charge < -0.3 is 5.32 Å². The molecule has 1 unspecified atom stereocenters. The van der Waals surface area contributed by atoms with E-state index in [4.69, 9.17) is 11.6 Å². The lowest BCUT2D eigenvalue weighted by atomic mass is 10.1. The van der Waals surface area contributed by atoms with Gasteiger partial charge in [0.15, 0.2) is 0 Å². The lowest BCUT2D eigenvalue weighted by molar-refractivity contribution is -0.120. The molecule has 0 saturated heterocycles. The number of rotatable bonds is 3. The third kappa shape index (κ3) is 3.18. The summed E-state index contributed by atoms with van der Waals surface area (Å²) in [5.74, 6) is -0.656. The Balaban J connectivity index is 2.91. The predicted octanol–water partition coefficient (Wildman–Crippen LogP) is 3.00. The highest BCUT2D eigenvalue weighted by Crippen LogP contribution is 2.28. The second kappa shape index (κ2) is 5.47. The average Bonchev–Trinajstić information content (AvgIpc) is 2.17. The van der Waals surface area contributed by atoms with Gasteiger partial charge in [-0.1, -0.05) is 22.0 Å². The first-order chi connectivity index (χ1) is 7.06. The Hall–Kier alpha value is -0.610. The summed E-state index contributed by atoms with van der Waals surface area (Å²) in [5, 5.41) is 1.79. The maximum atomic E-state index is 12.8. The van der Waals surface area contributed by atoms with E-state index in [0.29, 0.717) is 16.6 Å². The normalized spacial score (nSPS) is 12.3. The van der Waals surface area contributed by atoms with Crippen LogP contribution in [0.2, 0.25) is 0 Å². The number of hydrogen-bond donors (Lipinski definition) is 1. The van der Waals surface area contributed by atoms with Gasteiger partial charge in [0.2, 0.25) is 5.91 Å². The van der Waals surface area contributed by atoms with Gasteiger partial charge in [0.05, 0.1) is 0 Å². The van der Waals surface area contributed by atoms with Gasteiger partial charge in [0.1, 0.15) is 11.2 Å². The van der Waals surface area contributed by atoms with Crippen LogP contribution < -0.4 is 5.32 Å². The maximum Gasteiger partial charge on any atom is 0.242 e. The van der Waals surface area contributed by atoms with Crippen LogP contribution in [-0.4, -0.2) is 12.5 Å². The van der Waals surface area contributed by atoms with Gasteiger partial charge in [-0.3, -0.25) is 4.79 Å². The van der Waals surface area contributed by atoms with Crippen molar-refractivity contribution in [3.05, 3.63) is 34.1 Å². The zero-order chi connectivity index (χ0) is 11.4. The van der Waals surface area contributed by atoms with Crippen molar-refractivity contribution in [2.45, 2.75) is 12.3 Å². The molecule has 0 fully saturated rings. The third-order valence-corrected chi connectivity index (χ3v) is 2.94. The molecule has 5 heteroatoms. The molecule has 15 heavy (non-hydrogen) atoms. The molecular weight excluding hydrogens is 284 g/mol. The van der Waals surface area contributed by atoms with Crippen LogP contribution in [0.1, 0.15) is 17.9 Å². The molecule has 1 rings (SSSR count). The summed E-state index contributed by atoms with van der Waals surface area (Å²) in [6, 6.07) is 4.05. The van der Waals surface area contributed by atoms with Crippen molar-refractivity contribution < 1.29 is 9.18 Å². The fraction of sp³-hybridized carbons (Fsp3) is 0.300. The first-order valence-corrected chi connectivity index (χ1v) is 5.66. The number of amides is 1. The molecule has 1 aromatic rings. The van der Waals surface area contributed by atoms with Crippen LogP contribution in [0, 0.1) is 5.82 Å². The molecule has 0 aromatic heterocycles. The van der Waals surface area contributed by atoms with Crippen molar-refractivity contribution in [3.63, 3.8) is 0 Å². The van der Waals surface area contributed by atoms with E-state index in [9.17, 15) is 9.18 Å². The second-order valence-electron chi connectivity index (χ2n) is 2.92. The number of nitrogens with one attached hydrogen (secondary N) is 1. The number of alkyl halides is 1. The van der Waals surface area contributed by atoms with Crippen molar-refractivity contribution in [3.8, 4) is 0 Å². The summed E-state index contributed by atoms with van der Waals surface area (Å²) in [6.45, 7) is 2.32. The van der Waals surface area contributed by atoms with Crippen molar-refractivity contribution in [1.29, 1.82) is 0 Å². The Morgan fingerprint density at radius 3 is 2.87 bits per heavy atom. The fourth-order valence-corrected chi connectivity index (χ4v) is 2.09. The standard InChI is InChI=1S/C10H10BrClFNO/c1-2-14-10(15)9(12)7-4-3-6(13)5-8(7)11/h3-5,9H,2H2,1H3,(H,14,15). The van der Waals surface area contributed by atoms with Crippen LogP contribution in [0.4, 0.5) is 4.39 Å². The quantitative estimate of drug-likeness (QED) is 0.853. The number of halogens is 3. The molecule has 0 aliphatic heterocycles. The lowest BCUT2D eigenvalue weighted by Crippen LogP contribution is -2.26. The smallest absolute Gasteiger partial charge is 0.242 e. The summed E-state index contributed by atoms with van der Waals surface area (Å²) < 4.78 is 13.3. The highest BCUT2D eigenvalue weighted by atomic mass is 79.9. The van der Waals surface area contributed by atoms with Crippen molar-refractivity contribution in [2.75, 3.05) is 6.54 Å². The molecule has 0 aliphatic carbocycles. The highest BCUT2D eigenvalue weighted by Gasteiger charge is 2.19. The van der Waals surface area contributed by atoms with Gasteiger partial charge in [-0.25, -0.2) is 4.39 Å².